The van der Waals surface area contributed by atoms with Gasteiger partial charge in [-0.25, -0.2) is 16.8 Å². The highest BCUT2D eigenvalue weighted by molar-refractivity contribution is 7.89. The molecular weight excluding hydrogens is 612 g/mol. The first kappa shape index (κ1) is 30.7. The summed E-state index contributed by atoms with van der Waals surface area (Å²) in [6.45, 7) is -5.86. The average molecular weight is 633 g/mol. The predicted molar refractivity (Wildman–Crippen MR) is 135 cm³/mol. The Bertz CT molecular complexity index is 1560. The molecule has 2 fully saturated rings. The molecule has 2 heterocycles. The smallest absolute Gasteiger partial charge is 0.345 e. The molecule has 0 bridgehead atoms. The third-order valence-corrected chi connectivity index (χ3v) is 10.2. The van der Waals surface area contributed by atoms with Crippen molar-refractivity contribution < 1.29 is 46.0 Å². The average Bonchev–Trinajstić information content (AvgIpc) is 3.38. The monoisotopic (exact) mass is 632 g/mol. The van der Waals surface area contributed by atoms with Crippen molar-refractivity contribution in [1.29, 1.82) is 0 Å². The molecular formula is C20H20N6O14S2. The summed E-state index contributed by atoms with van der Waals surface area (Å²) in [5, 5.41) is 47.7. The molecule has 0 aliphatic carbocycles. The zero-order valence-corrected chi connectivity index (χ0v) is 22.7. The van der Waals surface area contributed by atoms with Gasteiger partial charge < -0.3 is 9.47 Å². The molecule has 4 rings (SSSR count). The minimum atomic E-state index is -5.14. The fourth-order valence-electron chi connectivity index (χ4n) is 4.56. The summed E-state index contributed by atoms with van der Waals surface area (Å²) in [7, 11) is -10.3. The van der Waals surface area contributed by atoms with E-state index in [-0.39, 0.29) is 21.8 Å². The van der Waals surface area contributed by atoms with E-state index in [4.69, 9.17) is 9.47 Å². The minimum Gasteiger partial charge on any atom is -0.345 e. The zero-order valence-electron chi connectivity index (χ0n) is 21.1. The Morgan fingerprint density at radius 1 is 0.619 bits per heavy atom. The number of hydrogen-bond acceptors (Lipinski definition) is 14. The molecule has 226 valence electrons. The van der Waals surface area contributed by atoms with Gasteiger partial charge in [-0.1, -0.05) is 24.3 Å². The maximum atomic E-state index is 13.7. The first-order valence-corrected chi connectivity index (χ1v) is 14.5. The number of ether oxygens (including phenoxy) is 2. The number of nitro groups is 4. The lowest BCUT2D eigenvalue weighted by Crippen LogP contribution is -2.68. The summed E-state index contributed by atoms with van der Waals surface area (Å²) in [4.78, 5) is 40.8. The van der Waals surface area contributed by atoms with E-state index in [9.17, 15) is 57.3 Å². The Morgan fingerprint density at radius 2 is 0.976 bits per heavy atom. The molecule has 0 atom stereocenters. The van der Waals surface area contributed by atoms with Crippen LogP contribution in [0.1, 0.15) is 0 Å². The van der Waals surface area contributed by atoms with Gasteiger partial charge in [0.25, 0.3) is 31.4 Å². The van der Waals surface area contributed by atoms with Crippen molar-refractivity contribution in [2.45, 2.75) is 21.2 Å². The maximum absolute atomic E-state index is 13.7. The Labute approximate surface area is 235 Å². The first-order chi connectivity index (χ1) is 19.6. The summed E-state index contributed by atoms with van der Waals surface area (Å²) in [6.07, 6.45) is 0. The SMILES string of the molecule is O=[N+]([O-])c1ccccc1S(=O)(=O)N1CC2(CN(S(=O)(=O)c3ccccc3[N+](=O)[O-])CC([N+](=O)[O-])([N+](=O)[O-])C1)OCCO2. The second kappa shape index (κ2) is 10.9. The summed E-state index contributed by atoms with van der Waals surface area (Å²) < 4.78 is 66.4. The summed E-state index contributed by atoms with van der Waals surface area (Å²) in [5.74, 6) is -2.22. The highest BCUT2D eigenvalue weighted by atomic mass is 32.2. The van der Waals surface area contributed by atoms with Crippen LogP contribution in [-0.2, 0) is 29.5 Å². The van der Waals surface area contributed by atoms with E-state index >= 15 is 0 Å². The third kappa shape index (κ3) is 5.25. The van der Waals surface area contributed by atoms with Gasteiger partial charge in [0.1, 0.15) is 9.85 Å². The summed E-state index contributed by atoms with van der Waals surface area (Å²) >= 11 is 0. The van der Waals surface area contributed by atoms with Crippen molar-refractivity contribution in [1.82, 2.24) is 8.61 Å². The molecule has 0 radical (unpaired) electrons. The van der Waals surface area contributed by atoms with E-state index in [2.05, 4.69) is 0 Å². The molecule has 0 amide bonds. The zero-order chi connectivity index (χ0) is 31.1. The van der Waals surface area contributed by atoms with Gasteiger partial charge >= 0.3 is 5.66 Å². The van der Waals surface area contributed by atoms with E-state index < -0.39 is 98.5 Å². The van der Waals surface area contributed by atoms with Crippen LogP contribution in [0.2, 0.25) is 0 Å². The Balaban J connectivity index is 1.93. The van der Waals surface area contributed by atoms with E-state index in [1.54, 1.807) is 0 Å². The number of benzene rings is 2. The maximum Gasteiger partial charge on any atom is 0.484 e. The molecule has 2 saturated heterocycles. The Kier molecular flexibility index (Phi) is 7.96. The number of sulfonamides is 2. The van der Waals surface area contributed by atoms with Crippen LogP contribution in [-0.4, -0.2) is 96.0 Å². The molecule has 20 nitrogen and oxygen atoms in total. The van der Waals surface area contributed by atoms with Gasteiger partial charge in [-0.05, 0) is 12.1 Å². The van der Waals surface area contributed by atoms with Gasteiger partial charge in [-0.15, -0.1) is 0 Å². The van der Waals surface area contributed by atoms with Gasteiger partial charge in [0.15, 0.2) is 28.7 Å². The van der Waals surface area contributed by atoms with Crippen LogP contribution >= 0.6 is 0 Å². The molecule has 1 spiro atoms. The summed E-state index contributed by atoms with van der Waals surface area (Å²) in [5.41, 5.74) is -5.46. The minimum absolute atomic E-state index is 0.210. The van der Waals surface area contributed by atoms with Crippen LogP contribution in [0, 0.1) is 40.5 Å². The van der Waals surface area contributed by atoms with Crippen molar-refractivity contribution >= 4 is 31.4 Å². The fourth-order valence-corrected chi connectivity index (χ4v) is 7.92. The number of nitrogens with zero attached hydrogens (tertiary/aromatic N) is 6. The first-order valence-electron chi connectivity index (χ1n) is 11.6. The van der Waals surface area contributed by atoms with Crippen molar-refractivity contribution in [2.24, 2.45) is 0 Å². The highest BCUT2D eigenvalue weighted by Gasteiger charge is 2.65. The molecule has 2 aliphatic heterocycles. The number of hydrogen-bond donors (Lipinski definition) is 0. The van der Waals surface area contributed by atoms with Gasteiger partial charge in [-0.2, -0.15) is 8.61 Å². The predicted octanol–water partition coefficient (Wildman–Crippen LogP) is 0.191. The Hall–Kier alpha value is -4.22. The van der Waals surface area contributed by atoms with Crippen LogP contribution < -0.4 is 0 Å². The molecule has 0 aromatic heterocycles. The van der Waals surface area contributed by atoms with Crippen molar-refractivity contribution in [2.75, 3.05) is 39.4 Å². The van der Waals surface area contributed by atoms with E-state index in [1.807, 2.05) is 0 Å². The van der Waals surface area contributed by atoms with Gasteiger partial charge in [0.2, 0.25) is 0 Å². The van der Waals surface area contributed by atoms with Crippen LogP contribution in [0.5, 0.6) is 0 Å². The van der Waals surface area contributed by atoms with Crippen LogP contribution in [0.25, 0.3) is 0 Å². The van der Waals surface area contributed by atoms with E-state index in [0.29, 0.717) is 0 Å². The van der Waals surface area contributed by atoms with E-state index in [0.717, 1.165) is 48.5 Å². The quantitative estimate of drug-likeness (QED) is 0.214. The van der Waals surface area contributed by atoms with Crippen molar-refractivity contribution in [3.63, 3.8) is 0 Å². The molecule has 2 aromatic carbocycles. The van der Waals surface area contributed by atoms with Crippen molar-refractivity contribution in [3.8, 4) is 0 Å². The molecule has 2 aromatic rings. The molecule has 2 aliphatic rings. The lowest BCUT2D eigenvalue weighted by Gasteiger charge is -2.40. The molecule has 0 N–H and O–H groups in total. The second-order valence-corrected chi connectivity index (χ2v) is 12.9. The molecule has 0 unspecified atom stereocenters. The molecule has 0 saturated carbocycles. The standard InChI is InChI=1S/C20H20N6O14S2/c27-23(28)15-5-1-3-7-17(15)41(35,36)21-11-19(25(31)32,26(33)34)12-22(14-20(13-21)39-9-10-40-20)42(37,38)18-8-4-2-6-16(18)24(29)30/h1-8H,9-14H2. The number of rotatable bonds is 8. The fraction of sp³-hybridized carbons (Fsp3) is 0.400. The topological polar surface area (TPSA) is 266 Å². The number of nitro benzene ring substituents is 2. The van der Waals surface area contributed by atoms with Gasteiger partial charge in [0.05, 0.1) is 36.1 Å². The lowest BCUT2D eigenvalue weighted by atomic mass is 10.1. The van der Waals surface area contributed by atoms with Gasteiger partial charge in [-0.3, -0.25) is 40.5 Å². The molecule has 22 heteroatoms. The normalized spacial score (nSPS) is 19.5. The highest BCUT2D eigenvalue weighted by Crippen LogP contribution is 2.36. The van der Waals surface area contributed by atoms with Gasteiger partial charge in [0, 0.05) is 12.1 Å². The van der Waals surface area contributed by atoms with Crippen LogP contribution in [0.4, 0.5) is 11.4 Å². The Morgan fingerprint density at radius 3 is 1.31 bits per heavy atom. The van der Waals surface area contributed by atoms with E-state index in [1.165, 1.54) is 0 Å². The third-order valence-electron chi connectivity index (χ3n) is 6.55. The number of para-hydroxylation sites is 2. The van der Waals surface area contributed by atoms with Crippen molar-refractivity contribution in [3.05, 3.63) is 89.0 Å². The van der Waals surface area contributed by atoms with Crippen LogP contribution in [0.3, 0.4) is 0 Å². The molecule has 42 heavy (non-hydrogen) atoms. The largest absolute Gasteiger partial charge is 0.484 e. The lowest BCUT2D eigenvalue weighted by molar-refractivity contribution is -0.794. The second-order valence-electron chi connectivity index (χ2n) is 9.10. The summed E-state index contributed by atoms with van der Waals surface area (Å²) in [6, 6.07) is 7.86. The van der Waals surface area contributed by atoms with Crippen LogP contribution in [0.15, 0.2) is 58.3 Å².